The van der Waals surface area contributed by atoms with E-state index in [9.17, 15) is 19.2 Å². The smallest absolute Gasteiger partial charge is 0.261 e. The van der Waals surface area contributed by atoms with Gasteiger partial charge in [0.25, 0.3) is 23.6 Å². The fraction of sp³-hybridized carbons (Fsp3) is 0.188. The van der Waals surface area contributed by atoms with Gasteiger partial charge in [0.1, 0.15) is 0 Å². The number of hydrogen-bond donors (Lipinski definition) is 0. The SMILES string of the molecule is Cc1ccc(CCN2C(=O)c3ccc4c5c(ccc(c35)C2=O)C(=O)N(CCc2ccc(C)cc2)C4=O)cc1. The van der Waals surface area contributed by atoms with Crippen LogP contribution in [-0.4, -0.2) is 46.5 Å². The van der Waals surface area contributed by atoms with E-state index in [2.05, 4.69) is 0 Å². The summed E-state index contributed by atoms with van der Waals surface area (Å²) in [4.78, 5) is 56.3. The standard InChI is InChI=1S/C32H26N2O4/c1-19-3-7-21(8-4-19)15-17-33-29(35)23-11-13-25-28-26(14-12-24(27(23)28)30(33)36)32(38)34(31(25)37)18-16-22-9-5-20(2)6-10-22/h3-14H,15-18H2,1-2H3. The second-order valence-corrected chi connectivity index (χ2v) is 10.1. The van der Waals surface area contributed by atoms with Crippen LogP contribution in [0.2, 0.25) is 0 Å². The van der Waals surface area contributed by atoms with Gasteiger partial charge in [-0.1, -0.05) is 59.7 Å². The zero-order valence-corrected chi connectivity index (χ0v) is 21.3. The summed E-state index contributed by atoms with van der Waals surface area (Å²) in [6.45, 7) is 4.51. The van der Waals surface area contributed by atoms with Crippen molar-refractivity contribution in [1.82, 2.24) is 9.80 Å². The van der Waals surface area contributed by atoms with Gasteiger partial charge >= 0.3 is 0 Å². The minimum absolute atomic E-state index is 0.246. The zero-order chi connectivity index (χ0) is 26.6. The average molecular weight is 503 g/mol. The topological polar surface area (TPSA) is 74.8 Å². The fourth-order valence-electron chi connectivity index (χ4n) is 5.37. The second kappa shape index (κ2) is 9.06. The van der Waals surface area contributed by atoms with Crippen molar-refractivity contribution < 1.29 is 19.2 Å². The molecular formula is C32H26N2O4. The Balaban J connectivity index is 1.32. The predicted octanol–water partition coefficient (Wildman–Crippen LogP) is 5.13. The van der Waals surface area contributed by atoms with Gasteiger partial charge in [0.2, 0.25) is 0 Å². The Morgan fingerprint density at radius 2 is 0.737 bits per heavy atom. The molecule has 0 saturated heterocycles. The maximum Gasteiger partial charge on any atom is 0.261 e. The lowest BCUT2D eigenvalue weighted by atomic mass is 9.85. The lowest BCUT2D eigenvalue weighted by Crippen LogP contribution is -2.44. The van der Waals surface area contributed by atoms with E-state index in [1.165, 1.54) is 9.80 Å². The molecule has 0 unspecified atom stereocenters. The summed E-state index contributed by atoms with van der Waals surface area (Å²) in [6, 6.07) is 22.5. The van der Waals surface area contributed by atoms with Crippen LogP contribution >= 0.6 is 0 Å². The molecule has 0 fully saturated rings. The van der Waals surface area contributed by atoms with E-state index >= 15 is 0 Å². The van der Waals surface area contributed by atoms with Gasteiger partial charge in [-0.25, -0.2) is 0 Å². The van der Waals surface area contributed by atoms with Crippen molar-refractivity contribution in [2.75, 3.05) is 13.1 Å². The highest BCUT2D eigenvalue weighted by molar-refractivity contribution is 6.33. The summed E-state index contributed by atoms with van der Waals surface area (Å²) in [6.07, 6.45) is 1.08. The largest absolute Gasteiger partial charge is 0.274 e. The molecule has 6 heteroatoms. The molecule has 0 spiro atoms. The highest BCUT2D eigenvalue weighted by Gasteiger charge is 2.39. The van der Waals surface area contributed by atoms with Gasteiger partial charge in [-0.05, 0) is 62.1 Å². The summed E-state index contributed by atoms with van der Waals surface area (Å²) in [5.41, 5.74) is 5.74. The summed E-state index contributed by atoms with van der Waals surface area (Å²) >= 11 is 0. The molecule has 4 aromatic carbocycles. The third kappa shape index (κ3) is 3.80. The highest BCUT2D eigenvalue weighted by Crippen LogP contribution is 2.38. The first-order valence-electron chi connectivity index (χ1n) is 12.8. The van der Waals surface area contributed by atoms with Crippen molar-refractivity contribution in [2.45, 2.75) is 26.7 Å². The summed E-state index contributed by atoms with van der Waals surface area (Å²) in [5.74, 6) is -1.61. The van der Waals surface area contributed by atoms with Crippen LogP contribution in [0, 0.1) is 13.8 Å². The van der Waals surface area contributed by atoms with Crippen LogP contribution in [0.15, 0.2) is 72.8 Å². The minimum Gasteiger partial charge on any atom is -0.274 e. The van der Waals surface area contributed by atoms with E-state index in [-0.39, 0.29) is 13.1 Å². The molecular weight excluding hydrogens is 476 g/mol. The Morgan fingerprint density at radius 1 is 0.447 bits per heavy atom. The van der Waals surface area contributed by atoms with Crippen LogP contribution in [0.3, 0.4) is 0 Å². The van der Waals surface area contributed by atoms with Crippen LogP contribution in [0.5, 0.6) is 0 Å². The first-order chi connectivity index (χ1) is 18.3. The number of nitrogens with zero attached hydrogens (tertiary/aromatic N) is 2. The number of benzene rings is 4. The molecule has 6 rings (SSSR count). The van der Waals surface area contributed by atoms with Crippen LogP contribution in [0.25, 0.3) is 10.8 Å². The lowest BCUT2D eigenvalue weighted by Gasteiger charge is -2.32. The van der Waals surface area contributed by atoms with E-state index in [1.54, 1.807) is 24.3 Å². The molecule has 38 heavy (non-hydrogen) atoms. The Hall–Kier alpha value is -4.58. The molecule has 0 bridgehead atoms. The van der Waals surface area contributed by atoms with Crippen LogP contribution < -0.4 is 0 Å². The van der Waals surface area contributed by atoms with Gasteiger partial charge in [0.05, 0.1) is 0 Å². The molecule has 0 radical (unpaired) electrons. The number of carbonyl (C=O) groups is 4. The Labute approximate surface area is 220 Å². The molecule has 188 valence electrons. The number of carbonyl (C=O) groups excluding carboxylic acids is 4. The van der Waals surface area contributed by atoms with E-state index < -0.39 is 23.6 Å². The van der Waals surface area contributed by atoms with Crippen molar-refractivity contribution >= 4 is 34.4 Å². The molecule has 4 amide bonds. The van der Waals surface area contributed by atoms with Crippen LogP contribution in [0.1, 0.15) is 63.7 Å². The van der Waals surface area contributed by atoms with Crippen LogP contribution in [-0.2, 0) is 12.8 Å². The van der Waals surface area contributed by atoms with E-state index in [1.807, 2.05) is 62.4 Å². The predicted molar refractivity (Wildman–Crippen MR) is 144 cm³/mol. The van der Waals surface area contributed by atoms with Gasteiger partial charge in [0.15, 0.2) is 0 Å². The minimum atomic E-state index is -0.403. The lowest BCUT2D eigenvalue weighted by molar-refractivity contribution is 0.0590. The zero-order valence-electron chi connectivity index (χ0n) is 21.3. The monoisotopic (exact) mass is 502 g/mol. The quantitative estimate of drug-likeness (QED) is 0.343. The van der Waals surface area contributed by atoms with Gasteiger partial charge in [-0.2, -0.15) is 0 Å². The van der Waals surface area contributed by atoms with Crippen molar-refractivity contribution in [2.24, 2.45) is 0 Å². The van der Waals surface area contributed by atoms with Crippen LogP contribution in [0.4, 0.5) is 0 Å². The first kappa shape index (κ1) is 23.8. The third-order valence-electron chi connectivity index (χ3n) is 7.55. The van der Waals surface area contributed by atoms with Gasteiger partial charge in [-0.3, -0.25) is 29.0 Å². The van der Waals surface area contributed by atoms with Gasteiger partial charge in [0, 0.05) is 46.1 Å². The highest BCUT2D eigenvalue weighted by atomic mass is 16.2. The molecule has 0 aromatic heterocycles. The molecule has 4 aromatic rings. The van der Waals surface area contributed by atoms with Crippen molar-refractivity contribution in [1.29, 1.82) is 0 Å². The first-order valence-corrected chi connectivity index (χ1v) is 12.8. The summed E-state index contributed by atoms with van der Waals surface area (Å²) in [7, 11) is 0. The molecule has 2 heterocycles. The third-order valence-corrected chi connectivity index (χ3v) is 7.55. The van der Waals surface area contributed by atoms with E-state index in [0.29, 0.717) is 45.9 Å². The van der Waals surface area contributed by atoms with E-state index in [4.69, 9.17) is 0 Å². The van der Waals surface area contributed by atoms with Crippen molar-refractivity contribution in [3.05, 3.63) is 117 Å². The number of hydrogen-bond acceptors (Lipinski definition) is 4. The average Bonchev–Trinajstić information content (AvgIpc) is 2.92. The maximum atomic E-state index is 13.5. The fourth-order valence-corrected chi connectivity index (χ4v) is 5.37. The molecule has 6 nitrogen and oxygen atoms in total. The van der Waals surface area contributed by atoms with Crippen molar-refractivity contribution in [3.63, 3.8) is 0 Å². The molecule has 0 N–H and O–H groups in total. The maximum absolute atomic E-state index is 13.5. The van der Waals surface area contributed by atoms with Gasteiger partial charge < -0.3 is 0 Å². The van der Waals surface area contributed by atoms with Gasteiger partial charge in [-0.15, -0.1) is 0 Å². The Bertz CT molecular complexity index is 1460. The second-order valence-electron chi connectivity index (χ2n) is 10.1. The molecule has 0 aliphatic carbocycles. The number of amides is 4. The normalized spacial score (nSPS) is 14.6. The van der Waals surface area contributed by atoms with E-state index in [0.717, 1.165) is 22.3 Å². The molecule has 0 atom stereocenters. The summed E-state index contributed by atoms with van der Waals surface area (Å²) < 4.78 is 0. The Kier molecular flexibility index (Phi) is 5.68. The molecule has 2 aliphatic heterocycles. The number of aryl methyl sites for hydroxylation is 2. The summed E-state index contributed by atoms with van der Waals surface area (Å²) in [5, 5.41) is 0.808. The Morgan fingerprint density at radius 3 is 1.03 bits per heavy atom. The number of rotatable bonds is 6. The molecule has 0 saturated carbocycles. The van der Waals surface area contributed by atoms with Crippen molar-refractivity contribution in [3.8, 4) is 0 Å². The molecule has 2 aliphatic rings. The number of imide groups is 2.